The lowest BCUT2D eigenvalue weighted by Gasteiger charge is -2.15. The van der Waals surface area contributed by atoms with Crippen molar-refractivity contribution in [1.29, 1.82) is 0 Å². The van der Waals surface area contributed by atoms with E-state index in [9.17, 15) is 18.3 Å². The third-order valence-electron chi connectivity index (χ3n) is 4.67. The second-order valence-corrected chi connectivity index (χ2v) is 9.02. The van der Waals surface area contributed by atoms with E-state index in [0.29, 0.717) is 11.4 Å². The van der Waals surface area contributed by atoms with Crippen LogP contribution in [0, 0.1) is 0 Å². The van der Waals surface area contributed by atoms with Crippen LogP contribution in [0.2, 0.25) is 0 Å². The van der Waals surface area contributed by atoms with Crippen LogP contribution in [-0.2, 0) is 21.2 Å². The van der Waals surface area contributed by atoms with Gasteiger partial charge in [-0.3, -0.25) is 4.79 Å². The van der Waals surface area contributed by atoms with Crippen LogP contribution in [-0.4, -0.2) is 39.6 Å². The zero-order valence-electron chi connectivity index (χ0n) is 17.7. The highest BCUT2D eigenvalue weighted by molar-refractivity contribution is 7.89. The molecular formula is C23H24N4O4S. The fraction of sp³-hybridized carbons (Fsp3) is 0.174. The summed E-state index contributed by atoms with van der Waals surface area (Å²) in [4.78, 5) is 13.5. The van der Waals surface area contributed by atoms with Crippen LogP contribution in [0.25, 0.3) is 0 Å². The number of benzene rings is 3. The average Bonchev–Trinajstić information content (AvgIpc) is 2.78. The molecular weight excluding hydrogens is 428 g/mol. The van der Waals surface area contributed by atoms with Gasteiger partial charge in [0.15, 0.2) is 0 Å². The number of hydrogen-bond acceptors (Lipinski definition) is 6. The lowest BCUT2D eigenvalue weighted by atomic mass is 10.1. The monoisotopic (exact) mass is 452 g/mol. The predicted molar refractivity (Wildman–Crippen MR) is 123 cm³/mol. The lowest BCUT2D eigenvalue weighted by molar-refractivity contribution is -0.138. The second kappa shape index (κ2) is 10.2. The highest BCUT2D eigenvalue weighted by Gasteiger charge is 2.25. The van der Waals surface area contributed by atoms with Crippen molar-refractivity contribution >= 4 is 33.1 Å². The molecule has 32 heavy (non-hydrogen) atoms. The van der Waals surface area contributed by atoms with Gasteiger partial charge < -0.3 is 10.0 Å². The minimum absolute atomic E-state index is 0.0360. The summed E-state index contributed by atoms with van der Waals surface area (Å²) in [5, 5.41) is 17.7. The molecule has 3 rings (SSSR count). The van der Waals surface area contributed by atoms with Gasteiger partial charge >= 0.3 is 5.97 Å². The Balaban J connectivity index is 1.69. The third kappa shape index (κ3) is 6.22. The lowest BCUT2D eigenvalue weighted by Crippen LogP contribution is -2.42. The summed E-state index contributed by atoms with van der Waals surface area (Å²) in [6, 6.07) is 20.8. The zero-order valence-corrected chi connectivity index (χ0v) is 18.5. The Morgan fingerprint density at radius 2 is 1.44 bits per heavy atom. The van der Waals surface area contributed by atoms with E-state index >= 15 is 0 Å². The predicted octanol–water partition coefficient (Wildman–Crippen LogP) is 4.14. The maximum absolute atomic E-state index is 12.7. The number of anilines is 1. The molecule has 3 aromatic rings. The van der Waals surface area contributed by atoms with Gasteiger partial charge in [-0.05, 0) is 60.5 Å². The Morgan fingerprint density at radius 1 is 0.906 bits per heavy atom. The first kappa shape index (κ1) is 23.1. The van der Waals surface area contributed by atoms with E-state index in [1.54, 1.807) is 30.3 Å². The molecule has 0 saturated heterocycles. The molecule has 0 amide bonds. The summed E-state index contributed by atoms with van der Waals surface area (Å²) < 4.78 is 27.6. The topological polar surface area (TPSA) is 111 Å². The Hall–Kier alpha value is -3.56. The SMILES string of the molecule is CN(C)c1ccc(N=Nc2ccc(S(=O)(=O)N[C@@H](Cc3ccccc3)C(=O)O)cc2)cc1. The van der Waals surface area contributed by atoms with Crippen LogP contribution < -0.4 is 9.62 Å². The minimum atomic E-state index is -4.03. The van der Waals surface area contributed by atoms with Crippen molar-refractivity contribution in [3.8, 4) is 0 Å². The Labute approximate surface area is 187 Å². The van der Waals surface area contributed by atoms with Gasteiger partial charge in [0.1, 0.15) is 6.04 Å². The highest BCUT2D eigenvalue weighted by atomic mass is 32.2. The number of rotatable bonds is 9. The van der Waals surface area contributed by atoms with Crippen molar-refractivity contribution in [2.45, 2.75) is 17.4 Å². The molecule has 0 saturated carbocycles. The van der Waals surface area contributed by atoms with Crippen LogP contribution in [0.5, 0.6) is 0 Å². The van der Waals surface area contributed by atoms with E-state index in [1.165, 1.54) is 24.3 Å². The van der Waals surface area contributed by atoms with E-state index in [0.717, 1.165) is 11.3 Å². The van der Waals surface area contributed by atoms with Gasteiger partial charge in [0.05, 0.1) is 16.3 Å². The van der Waals surface area contributed by atoms with E-state index < -0.39 is 22.0 Å². The molecule has 0 aliphatic heterocycles. The Kier molecular flexibility index (Phi) is 7.34. The molecule has 0 unspecified atom stereocenters. The van der Waals surface area contributed by atoms with Gasteiger partial charge in [0, 0.05) is 19.8 Å². The smallest absolute Gasteiger partial charge is 0.322 e. The van der Waals surface area contributed by atoms with Crippen molar-refractivity contribution in [2.75, 3.05) is 19.0 Å². The number of nitrogens with one attached hydrogen (secondary N) is 1. The fourth-order valence-corrected chi connectivity index (χ4v) is 4.10. The molecule has 166 valence electrons. The minimum Gasteiger partial charge on any atom is -0.480 e. The van der Waals surface area contributed by atoms with Crippen LogP contribution in [0.4, 0.5) is 17.1 Å². The number of carboxylic acid groups (broad SMARTS) is 1. The summed E-state index contributed by atoms with van der Waals surface area (Å²) >= 11 is 0. The normalized spacial score (nSPS) is 12.6. The van der Waals surface area contributed by atoms with Gasteiger partial charge in [-0.25, -0.2) is 8.42 Å². The third-order valence-corrected chi connectivity index (χ3v) is 6.16. The van der Waals surface area contributed by atoms with Crippen LogP contribution >= 0.6 is 0 Å². The van der Waals surface area contributed by atoms with Gasteiger partial charge in [-0.2, -0.15) is 15.0 Å². The van der Waals surface area contributed by atoms with Gasteiger partial charge in [0.2, 0.25) is 10.0 Å². The summed E-state index contributed by atoms with van der Waals surface area (Å²) in [5.41, 5.74) is 2.90. The molecule has 0 aliphatic carbocycles. The van der Waals surface area contributed by atoms with Crippen LogP contribution in [0.1, 0.15) is 5.56 Å². The molecule has 0 aliphatic rings. The molecule has 2 N–H and O–H groups in total. The molecule has 0 aromatic heterocycles. The Morgan fingerprint density at radius 3 is 1.94 bits per heavy atom. The molecule has 0 fully saturated rings. The first-order valence-corrected chi connectivity index (χ1v) is 11.3. The average molecular weight is 453 g/mol. The van der Waals surface area contributed by atoms with E-state index in [4.69, 9.17) is 0 Å². The first-order valence-electron chi connectivity index (χ1n) is 9.83. The number of azo groups is 1. The molecule has 0 radical (unpaired) electrons. The van der Waals surface area contributed by atoms with Crippen molar-refractivity contribution in [3.05, 3.63) is 84.4 Å². The fourth-order valence-electron chi connectivity index (χ4n) is 2.91. The summed E-state index contributed by atoms with van der Waals surface area (Å²) in [6.45, 7) is 0. The number of aliphatic carboxylic acids is 1. The first-order chi connectivity index (χ1) is 15.2. The number of sulfonamides is 1. The van der Waals surface area contributed by atoms with Crippen molar-refractivity contribution in [2.24, 2.45) is 10.2 Å². The van der Waals surface area contributed by atoms with Crippen molar-refractivity contribution in [1.82, 2.24) is 4.72 Å². The number of hydrogen-bond donors (Lipinski definition) is 2. The summed E-state index contributed by atoms with van der Waals surface area (Å²) in [6.07, 6.45) is 0.0360. The molecule has 9 heteroatoms. The largest absolute Gasteiger partial charge is 0.480 e. The Bertz CT molecular complexity index is 1180. The van der Waals surface area contributed by atoms with Crippen molar-refractivity contribution in [3.63, 3.8) is 0 Å². The van der Waals surface area contributed by atoms with Crippen molar-refractivity contribution < 1.29 is 18.3 Å². The van der Waals surface area contributed by atoms with Crippen LogP contribution in [0.15, 0.2) is 94.0 Å². The molecule has 1 atom stereocenters. The number of carbonyl (C=O) groups is 1. The maximum atomic E-state index is 12.7. The van der Waals surface area contributed by atoms with E-state index in [1.807, 2.05) is 43.3 Å². The second-order valence-electron chi connectivity index (χ2n) is 7.31. The molecule has 0 bridgehead atoms. The molecule has 8 nitrogen and oxygen atoms in total. The standard InChI is InChI=1S/C23H24N4O4S/c1-27(2)20-12-8-18(9-13-20)24-25-19-10-14-21(15-11-19)32(30,31)26-22(23(28)29)16-17-6-4-3-5-7-17/h3-15,22,26H,16H2,1-2H3,(H,28,29)/t22-/m0/s1. The van der Waals surface area contributed by atoms with Crippen LogP contribution in [0.3, 0.4) is 0 Å². The summed E-state index contributed by atoms with van der Waals surface area (Å²) in [5.74, 6) is -1.25. The maximum Gasteiger partial charge on any atom is 0.322 e. The number of carboxylic acids is 1. The van der Waals surface area contributed by atoms with Gasteiger partial charge in [0.25, 0.3) is 0 Å². The summed E-state index contributed by atoms with van der Waals surface area (Å²) in [7, 11) is -0.138. The zero-order chi connectivity index (χ0) is 23.1. The van der Waals surface area contributed by atoms with Gasteiger partial charge in [-0.15, -0.1) is 0 Å². The van der Waals surface area contributed by atoms with E-state index in [2.05, 4.69) is 15.0 Å². The van der Waals surface area contributed by atoms with E-state index in [-0.39, 0.29) is 11.3 Å². The highest BCUT2D eigenvalue weighted by Crippen LogP contribution is 2.22. The quantitative estimate of drug-likeness (QED) is 0.474. The molecule has 0 heterocycles. The molecule has 3 aromatic carbocycles. The van der Waals surface area contributed by atoms with Gasteiger partial charge in [-0.1, -0.05) is 30.3 Å². The molecule has 0 spiro atoms. The number of nitrogens with zero attached hydrogens (tertiary/aromatic N) is 3.